The number of benzene rings is 1. The highest BCUT2D eigenvalue weighted by molar-refractivity contribution is 5.91. The second-order valence-electron chi connectivity index (χ2n) is 6.35. The first-order valence-corrected chi connectivity index (χ1v) is 8.28. The molecule has 0 aliphatic carbocycles. The van der Waals surface area contributed by atoms with E-state index in [0.29, 0.717) is 19.0 Å². The minimum absolute atomic E-state index is 0.0421. The normalized spacial score (nSPS) is 12.2. The maximum atomic E-state index is 12.2. The molecule has 1 N–H and O–H groups in total. The Morgan fingerprint density at radius 1 is 1.29 bits per heavy atom. The number of hydrogen-bond acceptors (Lipinski definition) is 4. The molecule has 2 aromatic rings. The zero-order valence-electron chi connectivity index (χ0n) is 14.9. The summed E-state index contributed by atoms with van der Waals surface area (Å²) in [5, 5.41) is 2.99. The summed E-state index contributed by atoms with van der Waals surface area (Å²) >= 11 is 0. The van der Waals surface area contributed by atoms with Gasteiger partial charge in [0.25, 0.3) is 0 Å². The Balaban J connectivity index is 1.80. The number of aromatic nitrogens is 2. The third-order valence-corrected chi connectivity index (χ3v) is 4.22. The smallest absolute Gasteiger partial charge is 0.225 e. The molecule has 128 valence electrons. The lowest BCUT2D eigenvalue weighted by Crippen LogP contribution is -2.33. The Morgan fingerprint density at radius 3 is 2.75 bits per heavy atom. The highest BCUT2D eigenvalue weighted by Gasteiger charge is 2.13. The molecule has 0 spiro atoms. The van der Waals surface area contributed by atoms with Gasteiger partial charge in [-0.1, -0.05) is 17.7 Å². The Labute approximate surface area is 144 Å². The van der Waals surface area contributed by atoms with E-state index in [1.165, 1.54) is 5.56 Å². The van der Waals surface area contributed by atoms with E-state index < -0.39 is 0 Å². The van der Waals surface area contributed by atoms with Gasteiger partial charge in [-0.05, 0) is 39.4 Å². The summed E-state index contributed by atoms with van der Waals surface area (Å²) in [5.41, 5.74) is 4.15. The largest absolute Gasteiger partial charge is 0.326 e. The van der Waals surface area contributed by atoms with Crippen LogP contribution in [0.3, 0.4) is 0 Å². The average molecular weight is 326 g/mol. The zero-order valence-corrected chi connectivity index (χ0v) is 14.9. The predicted octanol–water partition coefficient (Wildman–Crippen LogP) is 2.99. The van der Waals surface area contributed by atoms with Crippen molar-refractivity contribution in [1.82, 2.24) is 14.9 Å². The van der Waals surface area contributed by atoms with Crippen molar-refractivity contribution in [3.05, 3.63) is 53.6 Å². The molecule has 1 heterocycles. The van der Waals surface area contributed by atoms with E-state index in [2.05, 4.69) is 33.2 Å². The van der Waals surface area contributed by atoms with Crippen LogP contribution in [0, 0.1) is 13.8 Å². The van der Waals surface area contributed by atoms with Crippen LogP contribution in [-0.4, -0.2) is 40.4 Å². The molecule has 5 nitrogen and oxygen atoms in total. The fourth-order valence-electron chi connectivity index (χ4n) is 2.56. The van der Waals surface area contributed by atoms with Gasteiger partial charge in [-0.15, -0.1) is 0 Å². The summed E-state index contributed by atoms with van der Waals surface area (Å²) < 4.78 is 0. The number of likely N-dealkylation sites (N-methyl/N-ethyl adjacent to an activating group) is 1. The van der Waals surface area contributed by atoms with Crippen LogP contribution in [0.25, 0.3) is 0 Å². The minimum Gasteiger partial charge on any atom is -0.326 e. The molecule has 1 unspecified atom stereocenters. The third kappa shape index (κ3) is 5.42. The average Bonchev–Trinajstić information content (AvgIpc) is 2.56. The number of nitrogens with one attached hydrogen (secondary N) is 1. The Morgan fingerprint density at radius 2 is 2.08 bits per heavy atom. The van der Waals surface area contributed by atoms with Gasteiger partial charge in [0.2, 0.25) is 5.91 Å². The van der Waals surface area contributed by atoms with Crippen molar-refractivity contribution in [2.24, 2.45) is 0 Å². The number of carbonyl (C=O) groups is 1. The SMILES string of the molecule is Cc1ccc(NC(=O)CCN(C)C(C)Cc2cnccn2)c(C)c1. The minimum atomic E-state index is 0.0421. The van der Waals surface area contributed by atoms with Crippen molar-refractivity contribution in [1.29, 1.82) is 0 Å². The Hall–Kier alpha value is -2.27. The number of rotatable bonds is 7. The molecular weight excluding hydrogens is 300 g/mol. The Kier molecular flexibility index (Phi) is 6.44. The van der Waals surface area contributed by atoms with Crippen molar-refractivity contribution >= 4 is 11.6 Å². The van der Waals surface area contributed by atoms with E-state index in [4.69, 9.17) is 0 Å². The van der Waals surface area contributed by atoms with E-state index in [-0.39, 0.29) is 5.91 Å². The molecule has 1 amide bonds. The second kappa shape index (κ2) is 8.55. The fraction of sp³-hybridized carbons (Fsp3) is 0.421. The quantitative estimate of drug-likeness (QED) is 0.850. The highest BCUT2D eigenvalue weighted by atomic mass is 16.1. The summed E-state index contributed by atoms with van der Waals surface area (Å²) in [7, 11) is 2.03. The number of aryl methyl sites for hydroxylation is 2. The number of hydrogen-bond donors (Lipinski definition) is 1. The second-order valence-corrected chi connectivity index (χ2v) is 6.35. The van der Waals surface area contributed by atoms with Gasteiger partial charge in [0, 0.05) is 49.7 Å². The molecule has 0 aliphatic heterocycles. The van der Waals surface area contributed by atoms with Crippen LogP contribution in [-0.2, 0) is 11.2 Å². The van der Waals surface area contributed by atoms with Crippen LogP contribution in [0.15, 0.2) is 36.8 Å². The molecule has 2 rings (SSSR count). The van der Waals surface area contributed by atoms with Crippen LogP contribution in [0.4, 0.5) is 5.69 Å². The molecule has 1 aromatic carbocycles. The summed E-state index contributed by atoms with van der Waals surface area (Å²) in [4.78, 5) is 22.7. The molecule has 0 fully saturated rings. The van der Waals surface area contributed by atoms with Crippen LogP contribution >= 0.6 is 0 Å². The molecule has 1 atom stereocenters. The van der Waals surface area contributed by atoms with Gasteiger partial charge in [0.05, 0.1) is 5.69 Å². The molecule has 5 heteroatoms. The van der Waals surface area contributed by atoms with Crippen LogP contribution < -0.4 is 5.32 Å². The standard InChI is InChI=1S/C19H26N4O/c1-14-5-6-18(15(2)11-14)22-19(24)7-10-23(4)16(3)12-17-13-20-8-9-21-17/h5-6,8-9,11,13,16H,7,10,12H2,1-4H3,(H,22,24). The van der Waals surface area contributed by atoms with Gasteiger partial charge in [-0.25, -0.2) is 0 Å². The first kappa shape index (κ1) is 18.1. The van der Waals surface area contributed by atoms with E-state index in [1.54, 1.807) is 18.6 Å². The lowest BCUT2D eigenvalue weighted by molar-refractivity contribution is -0.116. The van der Waals surface area contributed by atoms with E-state index in [9.17, 15) is 4.79 Å². The molecule has 0 saturated carbocycles. The van der Waals surface area contributed by atoms with E-state index >= 15 is 0 Å². The maximum absolute atomic E-state index is 12.2. The van der Waals surface area contributed by atoms with Gasteiger partial charge in [0.15, 0.2) is 0 Å². The van der Waals surface area contributed by atoms with Gasteiger partial charge < -0.3 is 10.2 Å². The van der Waals surface area contributed by atoms with Crippen molar-refractivity contribution in [3.63, 3.8) is 0 Å². The molecule has 0 aliphatic rings. The monoisotopic (exact) mass is 326 g/mol. The van der Waals surface area contributed by atoms with Crippen LogP contribution in [0.1, 0.15) is 30.2 Å². The fourth-order valence-corrected chi connectivity index (χ4v) is 2.56. The third-order valence-electron chi connectivity index (χ3n) is 4.22. The lowest BCUT2D eigenvalue weighted by atomic mass is 10.1. The molecule has 0 radical (unpaired) electrons. The van der Waals surface area contributed by atoms with Crippen LogP contribution in [0.5, 0.6) is 0 Å². The van der Waals surface area contributed by atoms with Crippen molar-refractivity contribution in [2.45, 2.75) is 39.7 Å². The van der Waals surface area contributed by atoms with Gasteiger partial charge >= 0.3 is 0 Å². The highest BCUT2D eigenvalue weighted by Crippen LogP contribution is 2.16. The summed E-state index contributed by atoms with van der Waals surface area (Å²) in [6, 6.07) is 6.35. The molecule has 1 aromatic heterocycles. The summed E-state index contributed by atoms with van der Waals surface area (Å²) in [6.45, 7) is 6.90. The maximum Gasteiger partial charge on any atom is 0.225 e. The van der Waals surface area contributed by atoms with Gasteiger partial charge in [-0.2, -0.15) is 0 Å². The van der Waals surface area contributed by atoms with Crippen molar-refractivity contribution in [3.8, 4) is 0 Å². The first-order chi connectivity index (χ1) is 11.5. The van der Waals surface area contributed by atoms with Gasteiger partial charge in [0.1, 0.15) is 0 Å². The first-order valence-electron chi connectivity index (χ1n) is 8.28. The number of carbonyl (C=O) groups excluding carboxylic acids is 1. The summed E-state index contributed by atoms with van der Waals surface area (Å²) in [6.07, 6.45) is 6.46. The molecule has 24 heavy (non-hydrogen) atoms. The molecule has 0 bridgehead atoms. The number of amides is 1. The molecule has 0 saturated heterocycles. The predicted molar refractivity (Wildman–Crippen MR) is 97.0 cm³/mol. The Bertz CT molecular complexity index is 672. The number of anilines is 1. The lowest BCUT2D eigenvalue weighted by Gasteiger charge is -2.24. The van der Waals surface area contributed by atoms with Crippen molar-refractivity contribution < 1.29 is 4.79 Å². The summed E-state index contributed by atoms with van der Waals surface area (Å²) in [5.74, 6) is 0.0421. The number of nitrogens with zero attached hydrogens (tertiary/aromatic N) is 3. The molecular formula is C19H26N4O. The van der Waals surface area contributed by atoms with Crippen molar-refractivity contribution in [2.75, 3.05) is 18.9 Å². The van der Waals surface area contributed by atoms with E-state index in [0.717, 1.165) is 23.4 Å². The van der Waals surface area contributed by atoms with Crippen LogP contribution in [0.2, 0.25) is 0 Å². The van der Waals surface area contributed by atoms with E-state index in [1.807, 2.05) is 33.0 Å². The topological polar surface area (TPSA) is 58.1 Å². The van der Waals surface area contributed by atoms with Gasteiger partial charge in [-0.3, -0.25) is 14.8 Å². The zero-order chi connectivity index (χ0) is 17.5.